The number of rotatable bonds is 4. The maximum Gasteiger partial charge on any atom is 0.273 e. The largest absolute Gasteiger partial charge is 0.494 e. The first-order valence-electron chi connectivity index (χ1n) is 8.58. The van der Waals surface area contributed by atoms with Gasteiger partial charge in [0.25, 0.3) is 5.69 Å². The third-order valence-corrected chi connectivity index (χ3v) is 5.23. The molecule has 0 aromatic heterocycles. The smallest absolute Gasteiger partial charge is 0.273 e. The Morgan fingerprint density at radius 1 is 1.12 bits per heavy atom. The molecule has 0 bridgehead atoms. The number of anilines is 1. The summed E-state index contributed by atoms with van der Waals surface area (Å²) in [6, 6.07) is 5.57. The number of methoxy groups -OCH3 is 1. The molecule has 0 amide bonds. The Morgan fingerprint density at radius 2 is 1.79 bits per heavy atom. The molecule has 132 valence electrons. The Labute approximate surface area is 142 Å². The maximum atomic E-state index is 10.9. The fourth-order valence-corrected chi connectivity index (χ4v) is 3.73. The van der Waals surface area contributed by atoms with Gasteiger partial charge in [-0.15, -0.1) is 0 Å². The van der Waals surface area contributed by atoms with Gasteiger partial charge in [-0.2, -0.15) is 0 Å². The SMILES string of the molecule is COc1cc([N+](=O)[O-])ccc1N1CCN(C2CCN(C)CC2)CC1. The van der Waals surface area contributed by atoms with E-state index in [9.17, 15) is 10.1 Å². The van der Waals surface area contributed by atoms with Crippen molar-refractivity contribution < 1.29 is 9.66 Å². The molecule has 3 rings (SSSR count). The molecule has 1 aromatic carbocycles. The first-order chi connectivity index (χ1) is 11.6. The summed E-state index contributed by atoms with van der Waals surface area (Å²) in [4.78, 5) is 17.8. The summed E-state index contributed by atoms with van der Waals surface area (Å²) in [5.74, 6) is 0.581. The Balaban J connectivity index is 1.63. The number of nitro groups is 1. The van der Waals surface area contributed by atoms with E-state index in [1.807, 2.05) is 6.07 Å². The molecule has 0 spiro atoms. The fraction of sp³-hybridized carbons (Fsp3) is 0.647. The summed E-state index contributed by atoms with van der Waals surface area (Å²) in [5, 5.41) is 10.9. The van der Waals surface area contributed by atoms with Gasteiger partial charge in [-0.1, -0.05) is 0 Å². The number of likely N-dealkylation sites (tertiary alicyclic amines) is 1. The lowest BCUT2D eigenvalue weighted by Gasteiger charge is -2.43. The number of ether oxygens (including phenoxy) is 1. The molecule has 7 nitrogen and oxygen atoms in total. The normalized spacial score (nSPS) is 21.0. The number of benzene rings is 1. The van der Waals surface area contributed by atoms with Crippen LogP contribution in [0.4, 0.5) is 11.4 Å². The number of nitrogens with zero attached hydrogens (tertiary/aromatic N) is 4. The van der Waals surface area contributed by atoms with E-state index in [4.69, 9.17) is 4.74 Å². The van der Waals surface area contributed by atoms with Crippen LogP contribution < -0.4 is 9.64 Å². The van der Waals surface area contributed by atoms with Crippen LogP contribution >= 0.6 is 0 Å². The van der Waals surface area contributed by atoms with Crippen molar-refractivity contribution in [3.8, 4) is 5.75 Å². The molecule has 2 heterocycles. The number of nitro benzene ring substituents is 1. The van der Waals surface area contributed by atoms with Gasteiger partial charge in [0.15, 0.2) is 0 Å². The molecule has 2 aliphatic heterocycles. The maximum absolute atomic E-state index is 10.9. The van der Waals surface area contributed by atoms with Crippen molar-refractivity contribution in [2.75, 3.05) is 58.3 Å². The van der Waals surface area contributed by atoms with Gasteiger partial charge >= 0.3 is 0 Å². The Kier molecular flexibility index (Phi) is 5.20. The van der Waals surface area contributed by atoms with Crippen LogP contribution in [-0.4, -0.2) is 74.2 Å². The van der Waals surface area contributed by atoms with Crippen LogP contribution in [0.2, 0.25) is 0 Å². The topological polar surface area (TPSA) is 62.1 Å². The lowest BCUT2D eigenvalue weighted by Crippen LogP contribution is -2.53. The highest BCUT2D eigenvalue weighted by atomic mass is 16.6. The minimum absolute atomic E-state index is 0.0700. The van der Waals surface area contributed by atoms with Crippen molar-refractivity contribution >= 4 is 11.4 Å². The van der Waals surface area contributed by atoms with Gasteiger partial charge < -0.3 is 14.5 Å². The lowest BCUT2D eigenvalue weighted by atomic mass is 10.0. The van der Waals surface area contributed by atoms with Crippen LogP contribution in [0.1, 0.15) is 12.8 Å². The van der Waals surface area contributed by atoms with E-state index in [-0.39, 0.29) is 10.6 Å². The third-order valence-electron chi connectivity index (χ3n) is 5.23. The van der Waals surface area contributed by atoms with Crippen LogP contribution in [0.15, 0.2) is 18.2 Å². The highest BCUT2D eigenvalue weighted by Gasteiger charge is 2.27. The van der Waals surface area contributed by atoms with Crippen LogP contribution in [0.5, 0.6) is 5.75 Å². The van der Waals surface area contributed by atoms with Gasteiger partial charge in [-0.05, 0) is 39.0 Å². The van der Waals surface area contributed by atoms with E-state index < -0.39 is 0 Å². The highest BCUT2D eigenvalue weighted by Crippen LogP contribution is 2.33. The van der Waals surface area contributed by atoms with E-state index >= 15 is 0 Å². The van der Waals surface area contributed by atoms with E-state index in [2.05, 4.69) is 21.7 Å². The van der Waals surface area contributed by atoms with Crippen molar-refractivity contribution in [1.29, 1.82) is 0 Å². The number of piperazine rings is 1. The predicted molar refractivity (Wildman–Crippen MR) is 94.0 cm³/mol. The van der Waals surface area contributed by atoms with Gasteiger partial charge in [0.05, 0.1) is 23.8 Å². The van der Waals surface area contributed by atoms with Crippen molar-refractivity contribution in [2.24, 2.45) is 0 Å². The predicted octanol–water partition coefficient (Wildman–Crippen LogP) is 1.82. The molecule has 2 aliphatic rings. The lowest BCUT2D eigenvalue weighted by molar-refractivity contribution is -0.384. The molecule has 0 saturated carbocycles. The van der Waals surface area contributed by atoms with Gasteiger partial charge in [0, 0.05) is 38.3 Å². The number of hydrogen-bond acceptors (Lipinski definition) is 6. The fourth-order valence-electron chi connectivity index (χ4n) is 3.73. The number of hydrogen-bond donors (Lipinski definition) is 0. The highest BCUT2D eigenvalue weighted by molar-refractivity contribution is 5.62. The van der Waals surface area contributed by atoms with Crippen molar-refractivity contribution in [3.63, 3.8) is 0 Å². The third kappa shape index (κ3) is 3.62. The molecular formula is C17H26N4O3. The van der Waals surface area contributed by atoms with E-state index in [0.717, 1.165) is 31.9 Å². The zero-order chi connectivity index (χ0) is 17.1. The Morgan fingerprint density at radius 3 is 2.38 bits per heavy atom. The van der Waals surface area contributed by atoms with Crippen molar-refractivity contribution in [1.82, 2.24) is 9.80 Å². The van der Waals surface area contributed by atoms with Crippen LogP contribution in [0.25, 0.3) is 0 Å². The average molecular weight is 334 g/mol. The van der Waals surface area contributed by atoms with Crippen molar-refractivity contribution in [2.45, 2.75) is 18.9 Å². The van der Waals surface area contributed by atoms with Crippen LogP contribution in [0, 0.1) is 10.1 Å². The summed E-state index contributed by atoms with van der Waals surface area (Å²) in [7, 11) is 3.76. The first kappa shape index (κ1) is 17.0. The zero-order valence-corrected chi connectivity index (χ0v) is 14.5. The van der Waals surface area contributed by atoms with E-state index in [1.54, 1.807) is 13.2 Å². The van der Waals surface area contributed by atoms with Gasteiger partial charge in [-0.25, -0.2) is 0 Å². The summed E-state index contributed by atoms with van der Waals surface area (Å²) in [5.41, 5.74) is 1.02. The standard InChI is InChI=1S/C17H26N4O3/c1-18-7-5-14(6-8-18)19-9-11-20(12-10-19)16-4-3-15(21(22)23)13-17(16)24-2/h3-4,13-14H,5-12H2,1-2H3. The number of non-ortho nitro benzene ring substituents is 1. The molecule has 24 heavy (non-hydrogen) atoms. The Bertz CT molecular complexity index is 579. The molecule has 2 fully saturated rings. The monoisotopic (exact) mass is 334 g/mol. The van der Waals surface area contributed by atoms with Crippen LogP contribution in [-0.2, 0) is 0 Å². The van der Waals surface area contributed by atoms with Gasteiger partial charge in [0.2, 0.25) is 0 Å². The van der Waals surface area contributed by atoms with Crippen LogP contribution in [0.3, 0.4) is 0 Å². The van der Waals surface area contributed by atoms with Gasteiger partial charge in [-0.3, -0.25) is 15.0 Å². The molecule has 1 aromatic rings. The second-order valence-corrected chi connectivity index (χ2v) is 6.67. The number of piperidine rings is 1. The average Bonchev–Trinajstić information content (AvgIpc) is 2.62. The second kappa shape index (κ2) is 7.36. The summed E-state index contributed by atoms with van der Waals surface area (Å²) >= 11 is 0. The van der Waals surface area contributed by atoms with Gasteiger partial charge in [0.1, 0.15) is 5.75 Å². The molecule has 0 N–H and O–H groups in total. The molecule has 7 heteroatoms. The summed E-state index contributed by atoms with van der Waals surface area (Å²) in [6.45, 7) is 6.30. The molecule has 0 unspecified atom stereocenters. The summed E-state index contributed by atoms with van der Waals surface area (Å²) < 4.78 is 5.38. The minimum Gasteiger partial charge on any atom is -0.494 e. The van der Waals surface area contributed by atoms with E-state index in [1.165, 1.54) is 32.0 Å². The molecule has 0 aliphatic carbocycles. The minimum atomic E-state index is -0.385. The van der Waals surface area contributed by atoms with Crippen molar-refractivity contribution in [3.05, 3.63) is 28.3 Å². The zero-order valence-electron chi connectivity index (χ0n) is 14.5. The summed E-state index contributed by atoms with van der Waals surface area (Å²) in [6.07, 6.45) is 2.49. The molecule has 0 atom stereocenters. The molecule has 0 radical (unpaired) electrons. The Hall–Kier alpha value is -1.86. The molecular weight excluding hydrogens is 308 g/mol. The second-order valence-electron chi connectivity index (χ2n) is 6.67. The van der Waals surface area contributed by atoms with E-state index in [0.29, 0.717) is 11.8 Å². The first-order valence-corrected chi connectivity index (χ1v) is 8.58. The quantitative estimate of drug-likeness (QED) is 0.618. The molecule has 2 saturated heterocycles.